The van der Waals surface area contributed by atoms with Crippen LogP contribution in [0.2, 0.25) is 10.0 Å². The zero-order valence-corrected chi connectivity index (χ0v) is 11.9. The maximum atomic E-state index is 6.09. The number of aromatic nitrogens is 1. The Morgan fingerprint density at radius 2 is 2.11 bits per heavy atom. The molecule has 0 spiro atoms. The van der Waals surface area contributed by atoms with Crippen LogP contribution in [-0.4, -0.2) is 11.0 Å². The highest BCUT2D eigenvalue weighted by Crippen LogP contribution is 2.32. The van der Waals surface area contributed by atoms with Crippen LogP contribution < -0.4 is 5.32 Å². The van der Waals surface area contributed by atoms with Gasteiger partial charge in [0.2, 0.25) is 0 Å². The summed E-state index contributed by atoms with van der Waals surface area (Å²) in [6.45, 7) is 0. The van der Waals surface area contributed by atoms with Crippen LogP contribution in [0.3, 0.4) is 0 Å². The molecule has 94 valence electrons. The normalized spacial score (nSPS) is 16.8. The van der Waals surface area contributed by atoms with Crippen LogP contribution in [0.1, 0.15) is 29.5 Å². The molecule has 1 aliphatic carbocycles. The third kappa shape index (κ3) is 2.69. The van der Waals surface area contributed by atoms with Gasteiger partial charge in [0.05, 0.1) is 16.1 Å². The van der Waals surface area contributed by atoms with E-state index >= 15 is 0 Å². The van der Waals surface area contributed by atoms with E-state index in [2.05, 4.69) is 10.3 Å². The van der Waals surface area contributed by atoms with Crippen molar-refractivity contribution in [1.29, 1.82) is 0 Å². The summed E-state index contributed by atoms with van der Waals surface area (Å²) in [7, 11) is 0. The molecule has 0 amide bonds. The molecule has 1 atom stereocenters. The van der Waals surface area contributed by atoms with Gasteiger partial charge >= 0.3 is 0 Å². The minimum absolute atomic E-state index is 0.118. The van der Waals surface area contributed by atoms with Crippen LogP contribution in [0.15, 0.2) is 29.8 Å². The predicted molar refractivity (Wildman–Crippen MR) is 76.6 cm³/mol. The van der Waals surface area contributed by atoms with Gasteiger partial charge in [-0.15, -0.1) is 11.3 Å². The van der Waals surface area contributed by atoms with Gasteiger partial charge in [-0.05, 0) is 30.5 Å². The lowest BCUT2D eigenvalue weighted by Gasteiger charge is -2.17. The van der Waals surface area contributed by atoms with Gasteiger partial charge in [0.15, 0.2) is 0 Å². The first kappa shape index (κ1) is 12.4. The van der Waals surface area contributed by atoms with E-state index in [0.717, 1.165) is 10.6 Å². The van der Waals surface area contributed by atoms with Gasteiger partial charge < -0.3 is 5.32 Å². The summed E-state index contributed by atoms with van der Waals surface area (Å²) < 4.78 is 0. The van der Waals surface area contributed by atoms with Crippen molar-refractivity contribution in [3.63, 3.8) is 0 Å². The summed E-state index contributed by atoms with van der Waals surface area (Å²) in [5, 5.41) is 7.85. The standard InChI is InChI=1S/C13H12Cl2N2S/c14-10-4-1-8(7-11(10)15)12(17-9-2-3-9)13-16-5-6-18-13/h1,4-7,9,12,17H,2-3H2. The first-order valence-corrected chi connectivity index (χ1v) is 7.48. The van der Waals surface area contributed by atoms with E-state index < -0.39 is 0 Å². The molecule has 3 rings (SSSR count). The maximum absolute atomic E-state index is 6.09. The molecular weight excluding hydrogens is 287 g/mol. The van der Waals surface area contributed by atoms with Crippen LogP contribution in [0.25, 0.3) is 0 Å². The highest BCUT2D eigenvalue weighted by atomic mass is 35.5. The Bertz CT molecular complexity index is 538. The topological polar surface area (TPSA) is 24.9 Å². The Labute approximate surface area is 120 Å². The van der Waals surface area contributed by atoms with Crippen molar-refractivity contribution in [3.05, 3.63) is 50.4 Å². The van der Waals surface area contributed by atoms with Crippen molar-refractivity contribution in [2.24, 2.45) is 0 Å². The van der Waals surface area contributed by atoms with Gasteiger partial charge in [-0.2, -0.15) is 0 Å². The van der Waals surface area contributed by atoms with E-state index in [1.165, 1.54) is 12.8 Å². The number of thiazole rings is 1. The number of rotatable bonds is 4. The summed E-state index contributed by atoms with van der Waals surface area (Å²) in [6.07, 6.45) is 4.31. The second-order valence-electron chi connectivity index (χ2n) is 4.42. The van der Waals surface area contributed by atoms with Gasteiger partial charge in [-0.1, -0.05) is 29.3 Å². The lowest BCUT2D eigenvalue weighted by molar-refractivity contribution is 0.598. The van der Waals surface area contributed by atoms with Crippen LogP contribution in [0, 0.1) is 0 Å². The van der Waals surface area contributed by atoms with E-state index in [1.54, 1.807) is 11.3 Å². The summed E-state index contributed by atoms with van der Waals surface area (Å²) in [4.78, 5) is 4.41. The van der Waals surface area contributed by atoms with Crippen LogP contribution >= 0.6 is 34.5 Å². The molecule has 0 saturated heterocycles. The number of nitrogens with zero attached hydrogens (tertiary/aromatic N) is 1. The van der Waals surface area contributed by atoms with Crippen molar-refractivity contribution >= 4 is 34.5 Å². The molecule has 1 fully saturated rings. The molecule has 1 unspecified atom stereocenters. The highest BCUT2D eigenvalue weighted by molar-refractivity contribution is 7.09. The second-order valence-corrected chi connectivity index (χ2v) is 6.16. The zero-order valence-electron chi connectivity index (χ0n) is 9.57. The molecule has 1 N–H and O–H groups in total. The Hall–Kier alpha value is -0.610. The van der Waals surface area contributed by atoms with Gasteiger partial charge in [-0.3, -0.25) is 0 Å². The average Bonchev–Trinajstić information content (AvgIpc) is 3.02. The number of hydrogen-bond acceptors (Lipinski definition) is 3. The fourth-order valence-corrected chi connectivity index (χ4v) is 2.89. The second kappa shape index (κ2) is 5.17. The Balaban J connectivity index is 1.93. The lowest BCUT2D eigenvalue weighted by Crippen LogP contribution is -2.24. The van der Waals surface area contributed by atoms with Crippen molar-refractivity contribution in [2.75, 3.05) is 0 Å². The number of nitrogens with one attached hydrogen (secondary N) is 1. The van der Waals surface area contributed by atoms with Crippen molar-refractivity contribution in [2.45, 2.75) is 24.9 Å². The molecule has 1 aromatic carbocycles. The molecule has 1 saturated carbocycles. The molecule has 18 heavy (non-hydrogen) atoms. The molecule has 2 nitrogen and oxygen atoms in total. The first-order valence-electron chi connectivity index (χ1n) is 5.84. The monoisotopic (exact) mass is 298 g/mol. The number of hydrogen-bond donors (Lipinski definition) is 1. The van der Waals surface area contributed by atoms with E-state index in [-0.39, 0.29) is 6.04 Å². The average molecular weight is 299 g/mol. The van der Waals surface area contributed by atoms with E-state index in [1.807, 2.05) is 29.8 Å². The molecule has 5 heteroatoms. The van der Waals surface area contributed by atoms with Crippen LogP contribution in [0.5, 0.6) is 0 Å². The summed E-state index contributed by atoms with van der Waals surface area (Å²) in [5.74, 6) is 0. The predicted octanol–water partition coefficient (Wildman–Crippen LogP) is 4.29. The molecule has 1 heterocycles. The fourth-order valence-electron chi connectivity index (χ4n) is 1.86. The molecule has 2 aromatic rings. The van der Waals surface area contributed by atoms with Crippen molar-refractivity contribution in [3.8, 4) is 0 Å². The van der Waals surface area contributed by atoms with E-state index in [9.17, 15) is 0 Å². The molecule has 0 bridgehead atoms. The maximum Gasteiger partial charge on any atom is 0.114 e. The first-order chi connectivity index (χ1) is 8.74. The van der Waals surface area contributed by atoms with Gasteiger partial charge in [0, 0.05) is 17.6 Å². The Morgan fingerprint density at radius 3 is 2.72 bits per heavy atom. The fraction of sp³-hybridized carbons (Fsp3) is 0.308. The van der Waals surface area contributed by atoms with Crippen molar-refractivity contribution in [1.82, 2.24) is 10.3 Å². The van der Waals surface area contributed by atoms with Gasteiger partial charge in [-0.25, -0.2) is 4.98 Å². The summed E-state index contributed by atoms with van der Waals surface area (Å²) in [6, 6.07) is 6.50. The smallest absolute Gasteiger partial charge is 0.114 e. The Kier molecular flexibility index (Phi) is 3.57. The number of benzene rings is 1. The molecule has 1 aromatic heterocycles. The summed E-state index contributed by atoms with van der Waals surface area (Å²) in [5.41, 5.74) is 1.12. The molecule has 1 aliphatic rings. The van der Waals surface area contributed by atoms with Crippen LogP contribution in [-0.2, 0) is 0 Å². The van der Waals surface area contributed by atoms with Crippen molar-refractivity contribution < 1.29 is 0 Å². The minimum Gasteiger partial charge on any atom is -0.301 e. The molecule has 0 aliphatic heterocycles. The largest absolute Gasteiger partial charge is 0.301 e. The minimum atomic E-state index is 0.118. The summed E-state index contributed by atoms with van der Waals surface area (Å²) >= 11 is 13.7. The third-order valence-corrected chi connectivity index (χ3v) is 4.53. The van der Waals surface area contributed by atoms with Crippen LogP contribution in [0.4, 0.5) is 0 Å². The SMILES string of the molecule is Clc1ccc(C(NC2CC2)c2nccs2)cc1Cl. The van der Waals surface area contributed by atoms with Gasteiger partial charge in [0.25, 0.3) is 0 Å². The Morgan fingerprint density at radius 1 is 1.28 bits per heavy atom. The van der Waals surface area contributed by atoms with E-state index in [4.69, 9.17) is 23.2 Å². The number of halogens is 2. The quantitative estimate of drug-likeness (QED) is 0.911. The third-order valence-electron chi connectivity index (χ3n) is 2.96. The zero-order chi connectivity index (χ0) is 12.5. The van der Waals surface area contributed by atoms with E-state index in [0.29, 0.717) is 16.1 Å². The molecular formula is C13H12Cl2N2S. The highest BCUT2D eigenvalue weighted by Gasteiger charge is 2.27. The van der Waals surface area contributed by atoms with Gasteiger partial charge in [0.1, 0.15) is 5.01 Å². The lowest BCUT2D eigenvalue weighted by atomic mass is 10.1. The molecule has 0 radical (unpaired) electrons.